The highest BCUT2D eigenvalue weighted by molar-refractivity contribution is 5.94. The Bertz CT molecular complexity index is 230. The SMILES string of the molecule is CCCCOC(=O)C(CCCO)C(=O)OCCCC. The molecule has 0 rings (SSSR count). The van der Waals surface area contributed by atoms with E-state index in [9.17, 15) is 9.59 Å². The molecule has 0 aliphatic rings. The van der Waals surface area contributed by atoms with Crippen LogP contribution in [0.25, 0.3) is 0 Å². The average molecular weight is 274 g/mol. The number of hydrogen-bond acceptors (Lipinski definition) is 5. The molecule has 5 heteroatoms. The largest absolute Gasteiger partial charge is 0.465 e. The number of rotatable bonds is 11. The standard InChI is InChI=1S/C14H26O5/c1-3-5-10-18-13(16)12(8-7-9-15)14(17)19-11-6-4-2/h12,15H,3-11H2,1-2H3. The molecule has 0 aromatic heterocycles. The van der Waals surface area contributed by atoms with Crippen molar-refractivity contribution in [1.82, 2.24) is 0 Å². The van der Waals surface area contributed by atoms with Gasteiger partial charge in [-0.15, -0.1) is 0 Å². The van der Waals surface area contributed by atoms with Gasteiger partial charge in [0.25, 0.3) is 0 Å². The van der Waals surface area contributed by atoms with E-state index in [4.69, 9.17) is 14.6 Å². The van der Waals surface area contributed by atoms with Gasteiger partial charge in [0.1, 0.15) is 0 Å². The van der Waals surface area contributed by atoms with Crippen LogP contribution >= 0.6 is 0 Å². The molecule has 0 atom stereocenters. The maximum Gasteiger partial charge on any atom is 0.320 e. The van der Waals surface area contributed by atoms with Gasteiger partial charge in [-0.25, -0.2) is 0 Å². The maximum atomic E-state index is 11.8. The Hall–Kier alpha value is -1.10. The number of hydrogen-bond donors (Lipinski definition) is 1. The zero-order chi connectivity index (χ0) is 14.5. The van der Waals surface area contributed by atoms with E-state index >= 15 is 0 Å². The molecule has 0 spiro atoms. The molecular formula is C14H26O5. The van der Waals surface area contributed by atoms with E-state index in [1.54, 1.807) is 0 Å². The van der Waals surface area contributed by atoms with Gasteiger partial charge in [-0.1, -0.05) is 26.7 Å². The lowest BCUT2D eigenvalue weighted by Gasteiger charge is -2.14. The van der Waals surface area contributed by atoms with Gasteiger partial charge in [0, 0.05) is 6.61 Å². The molecule has 0 unspecified atom stereocenters. The Morgan fingerprint density at radius 2 is 1.42 bits per heavy atom. The minimum Gasteiger partial charge on any atom is -0.465 e. The molecule has 0 radical (unpaired) electrons. The Balaban J connectivity index is 4.25. The van der Waals surface area contributed by atoms with Crippen LogP contribution in [0.3, 0.4) is 0 Å². The first kappa shape index (κ1) is 17.9. The van der Waals surface area contributed by atoms with Crippen molar-refractivity contribution in [1.29, 1.82) is 0 Å². The summed E-state index contributed by atoms with van der Waals surface area (Å²) in [7, 11) is 0. The summed E-state index contributed by atoms with van der Waals surface area (Å²) in [5, 5.41) is 8.80. The van der Waals surface area contributed by atoms with Gasteiger partial charge in [0.15, 0.2) is 5.92 Å². The fraction of sp³-hybridized carbons (Fsp3) is 0.857. The van der Waals surface area contributed by atoms with Crippen LogP contribution in [0.2, 0.25) is 0 Å². The molecule has 1 N–H and O–H groups in total. The predicted octanol–water partition coefficient (Wildman–Crippen LogP) is 2.06. The normalized spacial score (nSPS) is 10.5. The molecule has 0 saturated carbocycles. The van der Waals surface area contributed by atoms with Crippen molar-refractivity contribution in [3.63, 3.8) is 0 Å². The number of carbonyl (C=O) groups is 2. The third kappa shape index (κ3) is 8.59. The number of carbonyl (C=O) groups excluding carboxylic acids is 2. The molecule has 0 fully saturated rings. The van der Waals surface area contributed by atoms with E-state index in [2.05, 4.69) is 0 Å². The van der Waals surface area contributed by atoms with Crippen molar-refractivity contribution < 1.29 is 24.2 Å². The van der Waals surface area contributed by atoms with Crippen LogP contribution in [-0.2, 0) is 19.1 Å². The summed E-state index contributed by atoms with van der Waals surface area (Å²) in [4.78, 5) is 23.6. The molecule has 0 bridgehead atoms. The van der Waals surface area contributed by atoms with Crippen LogP contribution in [0, 0.1) is 5.92 Å². The molecule has 5 nitrogen and oxygen atoms in total. The van der Waals surface area contributed by atoms with Crippen LogP contribution in [0.4, 0.5) is 0 Å². The summed E-state index contributed by atoms with van der Waals surface area (Å²) in [6.45, 7) is 4.59. The Labute approximate surface area is 115 Å². The number of esters is 2. The van der Waals surface area contributed by atoms with E-state index in [0.717, 1.165) is 25.7 Å². The fourth-order valence-electron chi connectivity index (χ4n) is 1.46. The van der Waals surface area contributed by atoms with Gasteiger partial charge >= 0.3 is 11.9 Å². The van der Waals surface area contributed by atoms with Crippen molar-refractivity contribution in [2.75, 3.05) is 19.8 Å². The Morgan fingerprint density at radius 1 is 0.947 bits per heavy atom. The monoisotopic (exact) mass is 274 g/mol. The molecule has 0 aromatic rings. The van der Waals surface area contributed by atoms with Crippen LogP contribution in [0.15, 0.2) is 0 Å². The Morgan fingerprint density at radius 3 is 1.79 bits per heavy atom. The van der Waals surface area contributed by atoms with E-state index in [-0.39, 0.29) is 13.0 Å². The number of unbranched alkanes of at least 4 members (excludes halogenated alkanes) is 2. The topological polar surface area (TPSA) is 72.8 Å². The number of aliphatic hydroxyl groups excluding tert-OH is 1. The highest BCUT2D eigenvalue weighted by atomic mass is 16.6. The summed E-state index contributed by atoms with van der Waals surface area (Å²) < 4.78 is 10.1. The van der Waals surface area contributed by atoms with Crippen LogP contribution in [0.5, 0.6) is 0 Å². The quantitative estimate of drug-likeness (QED) is 0.355. The molecule has 19 heavy (non-hydrogen) atoms. The first-order valence-electron chi connectivity index (χ1n) is 7.11. The second-order valence-electron chi connectivity index (χ2n) is 4.46. The first-order chi connectivity index (χ1) is 9.17. The van der Waals surface area contributed by atoms with E-state index in [0.29, 0.717) is 19.6 Å². The van der Waals surface area contributed by atoms with Gasteiger partial charge in [0.05, 0.1) is 13.2 Å². The lowest BCUT2D eigenvalue weighted by Crippen LogP contribution is -2.29. The molecule has 0 saturated heterocycles. The minimum absolute atomic E-state index is 0.0546. The first-order valence-corrected chi connectivity index (χ1v) is 7.11. The third-order valence-corrected chi connectivity index (χ3v) is 2.70. The highest BCUT2D eigenvalue weighted by Gasteiger charge is 2.29. The molecule has 0 amide bonds. The van der Waals surface area contributed by atoms with Gasteiger partial charge in [0.2, 0.25) is 0 Å². The van der Waals surface area contributed by atoms with Crippen molar-refractivity contribution in [2.45, 2.75) is 52.4 Å². The molecule has 112 valence electrons. The zero-order valence-corrected chi connectivity index (χ0v) is 12.0. The predicted molar refractivity (Wildman–Crippen MR) is 71.5 cm³/mol. The van der Waals surface area contributed by atoms with Gasteiger partial charge in [-0.3, -0.25) is 9.59 Å². The van der Waals surface area contributed by atoms with Crippen LogP contribution in [-0.4, -0.2) is 36.9 Å². The summed E-state index contributed by atoms with van der Waals surface area (Å²) in [6.07, 6.45) is 4.07. The highest BCUT2D eigenvalue weighted by Crippen LogP contribution is 2.12. The van der Waals surface area contributed by atoms with Crippen molar-refractivity contribution in [2.24, 2.45) is 5.92 Å². The van der Waals surface area contributed by atoms with E-state index < -0.39 is 17.9 Å². The van der Waals surface area contributed by atoms with E-state index in [1.807, 2.05) is 13.8 Å². The summed E-state index contributed by atoms with van der Waals surface area (Å²) in [6, 6.07) is 0. The second kappa shape index (κ2) is 12.0. The molecular weight excluding hydrogens is 248 g/mol. The lowest BCUT2D eigenvalue weighted by molar-refractivity contribution is -0.162. The van der Waals surface area contributed by atoms with Crippen LogP contribution in [0.1, 0.15) is 52.4 Å². The molecule has 0 aliphatic heterocycles. The number of aliphatic hydroxyl groups is 1. The van der Waals surface area contributed by atoms with Crippen molar-refractivity contribution >= 4 is 11.9 Å². The Kier molecular flexibility index (Phi) is 11.3. The summed E-state index contributed by atoms with van der Waals surface area (Å²) in [5.41, 5.74) is 0. The van der Waals surface area contributed by atoms with Crippen molar-refractivity contribution in [3.05, 3.63) is 0 Å². The average Bonchev–Trinajstić information content (AvgIpc) is 2.40. The summed E-state index contributed by atoms with van der Waals surface area (Å²) >= 11 is 0. The molecule has 0 heterocycles. The van der Waals surface area contributed by atoms with E-state index in [1.165, 1.54) is 0 Å². The smallest absolute Gasteiger partial charge is 0.320 e. The zero-order valence-electron chi connectivity index (χ0n) is 12.0. The second-order valence-corrected chi connectivity index (χ2v) is 4.46. The van der Waals surface area contributed by atoms with Gasteiger partial charge in [-0.2, -0.15) is 0 Å². The third-order valence-electron chi connectivity index (χ3n) is 2.70. The van der Waals surface area contributed by atoms with Crippen molar-refractivity contribution in [3.8, 4) is 0 Å². The minimum atomic E-state index is -0.902. The summed E-state index contributed by atoms with van der Waals surface area (Å²) in [5.74, 6) is -1.98. The fourth-order valence-corrected chi connectivity index (χ4v) is 1.46. The number of ether oxygens (including phenoxy) is 2. The van der Waals surface area contributed by atoms with Gasteiger partial charge < -0.3 is 14.6 Å². The maximum absolute atomic E-state index is 11.8. The molecule has 0 aliphatic carbocycles. The van der Waals surface area contributed by atoms with Crippen LogP contribution < -0.4 is 0 Å². The molecule has 0 aromatic carbocycles. The lowest BCUT2D eigenvalue weighted by atomic mass is 10.0. The van der Waals surface area contributed by atoms with Gasteiger partial charge in [-0.05, 0) is 25.7 Å².